The minimum Gasteiger partial charge on any atom is -0.467 e. The first-order valence-electron chi connectivity index (χ1n) is 4.51. The van der Waals surface area contributed by atoms with Crippen molar-refractivity contribution in [3.05, 3.63) is 29.8 Å². The summed E-state index contributed by atoms with van der Waals surface area (Å²) >= 11 is 0. The normalized spacial score (nSPS) is 9.79. The van der Waals surface area contributed by atoms with Crippen molar-refractivity contribution in [2.24, 2.45) is 0 Å². The van der Waals surface area contributed by atoms with E-state index in [0.717, 1.165) is 17.6 Å². The highest BCUT2D eigenvalue weighted by Gasteiger charge is 2.01. The van der Waals surface area contributed by atoms with Crippen molar-refractivity contribution in [1.82, 2.24) is 0 Å². The molecule has 14 heavy (non-hydrogen) atoms. The maximum absolute atomic E-state index is 10.2. The van der Waals surface area contributed by atoms with Crippen LogP contribution < -0.4 is 4.74 Å². The molecule has 1 aromatic carbocycles. The van der Waals surface area contributed by atoms with Crippen LogP contribution in [0.1, 0.15) is 12.0 Å². The lowest BCUT2D eigenvalue weighted by molar-refractivity contribution is -0.107. The van der Waals surface area contributed by atoms with E-state index in [0.29, 0.717) is 12.8 Å². The predicted molar refractivity (Wildman–Crippen MR) is 53.3 cm³/mol. The zero-order valence-corrected chi connectivity index (χ0v) is 8.23. The standard InChI is InChI=1S/C11H14O3/c1-13-9-14-11-7-3-2-5-10(11)6-4-8-12/h2-3,5,7-8H,4,6,9H2,1H3. The molecule has 3 heteroatoms. The molecule has 0 unspecified atom stereocenters. The Morgan fingerprint density at radius 3 is 2.86 bits per heavy atom. The third kappa shape index (κ3) is 3.18. The van der Waals surface area contributed by atoms with Crippen molar-refractivity contribution in [2.75, 3.05) is 13.9 Å². The fourth-order valence-corrected chi connectivity index (χ4v) is 1.19. The first-order valence-corrected chi connectivity index (χ1v) is 4.51. The summed E-state index contributed by atoms with van der Waals surface area (Å²) in [6.07, 6.45) is 2.14. The van der Waals surface area contributed by atoms with Crippen LogP contribution in [-0.4, -0.2) is 20.2 Å². The van der Waals surface area contributed by atoms with Gasteiger partial charge in [-0.1, -0.05) is 18.2 Å². The van der Waals surface area contributed by atoms with Gasteiger partial charge in [-0.2, -0.15) is 0 Å². The van der Waals surface area contributed by atoms with Gasteiger partial charge in [0.15, 0.2) is 6.79 Å². The molecule has 0 spiro atoms. The monoisotopic (exact) mass is 194 g/mol. The van der Waals surface area contributed by atoms with E-state index in [4.69, 9.17) is 9.47 Å². The van der Waals surface area contributed by atoms with Crippen LogP contribution in [0.4, 0.5) is 0 Å². The molecule has 0 radical (unpaired) electrons. The molecule has 0 aliphatic heterocycles. The zero-order chi connectivity index (χ0) is 10.2. The quantitative estimate of drug-likeness (QED) is 0.511. The fourth-order valence-electron chi connectivity index (χ4n) is 1.19. The molecule has 0 N–H and O–H groups in total. The largest absolute Gasteiger partial charge is 0.467 e. The minimum absolute atomic E-state index is 0.234. The van der Waals surface area contributed by atoms with Gasteiger partial charge in [-0.3, -0.25) is 0 Å². The van der Waals surface area contributed by atoms with Gasteiger partial charge in [0, 0.05) is 13.5 Å². The van der Waals surface area contributed by atoms with Gasteiger partial charge in [-0.25, -0.2) is 0 Å². The molecule has 0 atom stereocenters. The number of methoxy groups -OCH3 is 1. The molecule has 0 heterocycles. The predicted octanol–water partition coefficient (Wildman–Crippen LogP) is 1.80. The summed E-state index contributed by atoms with van der Waals surface area (Å²) in [5.74, 6) is 0.788. The Hall–Kier alpha value is -1.35. The first-order chi connectivity index (χ1) is 6.88. The van der Waals surface area contributed by atoms with Crippen LogP contribution in [0.5, 0.6) is 5.75 Å². The highest BCUT2D eigenvalue weighted by atomic mass is 16.7. The number of carbonyl (C=O) groups excluding carboxylic acids is 1. The van der Waals surface area contributed by atoms with Crippen LogP contribution in [-0.2, 0) is 16.0 Å². The summed E-state index contributed by atoms with van der Waals surface area (Å²) in [7, 11) is 1.58. The van der Waals surface area contributed by atoms with Crippen LogP contribution in [0.3, 0.4) is 0 Å². The van der Waals surface area contributed by atoms with E-state index >= 15 is 0 Å². The van der Waals surface area contributed by atoms with Crippen molar-refractivity contribution in [3.63, 3.8) is 0 Å². The molecular formula is C11H14O3. The van der Waals surface area contributed by atoms with Crippen molar-refractivity contribution in [1.29, 1.82) is 0 Å². The van der Waals surface area contributed by atoms with Gasteiger partial charge in [0.1, 0.15) is 12.0 Å². The van der Waals surface area contributed by atoms with E-state index in [-0.39, 0.29) is 6.79 Å². The van der Waals surface area contributed by atoms with Crippen molar-refractivity contribution in [3.8, 4) is 5.75 Å². The third-order valence-electron chi connectivity index (χ3n) is 1.84. The van der Waals surface area contributed by atoms with Gasteiger partial charge >= 0.3 is 0 Å². The van der Waals surface area contributed by atoms with Gasteiger partial charge in [0.25, 0.3) is 0 Å². The molecule has 76 valence electrons. The summed E-state index contributed by atoms with van der Waals surface area (Å²) < 4.78 is 10.2. The second-order valence-electron chi connectivity index (χ2n) is 2.86. The van der Waals surface area contributed by atoms with Gasteiger partial charge in [0.2, 0.25) is 0 Å². The summed E-state index contributed by atoms with van der Waals surface area (Å²) in [5.41, 5.74) is 1.04. The topological polar surface area (TPSA) is 35.5 Å². The fraction of sp³-hybridized carbons (Fsp3) is 0.364. The Morgan fingerprint density at radius 1 is 1.36 bits per heavy atom. The third-order valence-corrected chi connectivity index (χ3v) is 1.84. The summed E-state index contributed by atoms with van der Waals surface area (Å²) in [6.45, 7) is 0.234. The van der Waals surface area contributed by atoms with Crippen LogP contribution >= 0.6 is 0 Å². The molecule has 1 aromatic rings. The number of hydrogen-bond acceptors (Lipinski definition) is 3. The van der Waals surface area contributed by atoms with Crippen molar-refractivity contribution in [2.45, 2.75) is 12.8 Å². The molecule has 0 saturated heterocycles. The number of aldehydes is 1. The average Bonchev–Trinajstić information content (AvgIpc) is 2.24. The molecule has 0 aromatic heterocycles. The first kappa shape index (κ1) is 10.7. The molecule has 0 aliphatic rings. The van der Waals surface area contributed by atoms with E-state index in [9.17, 15) is 4.79 Å². The van der Waals surface area contributed by atoms with E-state index in [1.54, 1.807) is 7.11 Å². The Balaban J connectivity index is 2.64. The number of carbonyl (C=O) groups is 1. The highest BCUT2D eigenvalue weighted by molar-refractivity contribution is 5.50. The summed E-state index contributed by atoms with van der Waals surface area (Å²) in [5, 5.41) is 0. The Labute approximate surface area is 83.6 Å². The molecule has 3 nitrogen and oxygen atoms in total. The maximum atomic E-state index is 10.2. The summed E-state index contributed by atoms with van der Waals surface area (Å²) in [6, 6.07) is 7.66. The average molecular weight is 194 g/mol. The van der Waals surface area contributed by atoms with Gasteiger partial charge < -0.3 is 14.3 Å². The molecular weight excluding hydrogens is 180 g/mol. The smallest absolute Gasteiger partial charge is 0.188 e. The van der Waals surface area contributed by atoms with Crippen LogP contribution in [0.2, 0.25) is 0 Å². The number of para-hydroxylation sites is 1. The lowest BCUT2D eigenvalue weighted by atomic mass is 10.1. The van der Waals surface area contributed by atoms with Crippen LogP contribution in [0.25, 0.3) is 0 Å². The van der Waals surface area contributed by atoms with Gasteiger partial charge in [-0.15, -0.1) is 0 Å². The van der Waals surface area contributed by atoms with E-state index in [1.165, 1.54) is 0 Å². The molecule has 0 fully saturated rings. The van der Waals surface area contributed by atoms with Crippen LogP contribution in [0, 0.1) is 0 Å². The van der Waals surface area contributed by atoms with Crippen LogP contribution in [0.15, 0.2) is 24.3 Å². The lowest BCUT2D eigenvalue weighted by Crippen LogP contribution is -2.01. The molecule has 0 saturated carbocycles. The van der Waals surface area contributed by atoms with E-state index in [1.807, 2.05) is 24.3 Å². The van der Waals surface area contributed by atoms with Crippen molar-refractivity contribution >= 4 is 6.29 Å². The van der Waals surface area contributed by atoms with Crippen molar-refractivity contribution < 1.29 is 14.3 Å². The highest BCUT2D eigenvalue weighted by Crippen LogP contribution is 2.18. The SMILES string of the molecule is COCOc1ccccc1CCC=O. The molecule has 0 aliphatic carbocycles. The Kier molecular flexibility index (Phi) is 4.72. The molecule has 0 amide bonds. The van der Waals surface area contributed by atoms with E-state index in [2.05, 4.69) is 0 Å². The lowest BCUT2D eigenvalue weighted by Gasteiger charge is -2.09. The number of aryl methyl sites for hydroxylation is 1. The number of rotatable bonds is 6. The second-order valence-corrected chi connectivity index (χ2v) is 2.86. The maximum Gasteiger partial charge on any atom is 0.188 e. The summed E-state index contributed by atoms with van der Waals surface area (Å²) in [4.78, 5) is 10.2. The minimum atomic E-state index is 0.234. The number of benzene rings is 1. The van der Waals surface area contributed by atoms with E-state index < -0.39 is 0 Å². The van der Waals surface area contributed by atoms with Gasteiger partial charge in [-0.05, 0) is 18.1 Å². The second kappa shape index (κ2) is 6.16. The van der Waals surface area contributed by atoms with Gasteiger partial charge in [0.05, 0.1) is 0 Å². The number of hydrogen-bond donors (Lipinski definition) is 0. The Morgan fingerprint density at radius 2 is 2.14 bits per heavy atom. The number of ether oxygens (including phenoxy) is 2. The molecule has 1 rings (SSSR count). The zero-order valence-electron chi connectivity index (χ0n) is 8.23. The molecule has 0 bridgehead atoms. The Bertz CT molecular complexity index is 284.